The molecule has 0 aliphatic rings. The summed E-state index contributed by atoms with van der Waals surface area (Å²) in [6, 6.07) is 13.7. The van der Waals surface area contributed by atoms with Crippen LogP contribution >= 0.6 is 11.6 Å². The van der Waals surface area contributed by atoms with Crippen molar-refractivity contribution in [2.24, 2.45) is 5.73 Å². The highest BCUT2D eigenvalue weighted by Crippen LogP contribution is 2.22. The number of carbonyl (C=O) groups excluding carboxylic acids is 2. The maximum Gasteiger partial charge on any atom is 0.280 e. The van der Waals surface area contributed by atoms with Crippen molar-refractivity contribution >= 4 is 34.2 Å². The van der Waals surface area contributed by atoms with Crippen LogP contribution in [0.2, 0.25) is 5.02 Å². The summed E-state index contributed by atoms with van der Waals surface area (Å²) in [5, 5.41) is 5.08. The van der Waals surface area contributed by atoms with Crippen molar-refractivity contribution in [3.63, 3.8) is 0 Å². The number of carbonyl (C=O) groups is 2. The van der Waals surface area contributed by atoms with E-state index in [0.29, 0.717) is 21.5 Å². The highest BCUT2D eigenvalue weighted by atomic mass is 35.5. The van der Waals surface area contributed by atoms with Gasteiger partial charge in [-0.05, 0) is 18.2 Å². The number of rotatable bonds is 3. The molecule has 0 saturated heterocycles. The molecule has 1 aromatic heterocycles. The first-order valence-electron chi connectivity index (χ1n) is 6.63. The van der Waals surface area contributed by atoms with Crippen molar-refractivity contribution in [1.29, 1.82) is 0 Å². The summed E-state index contributed by atoms with van der Waals surface area (Å²) in [7, 11) is 0. The number of hydrogen-bond donors (Lipinski definition) is 1. The first-order valence-corrected chi connectivity index (χ1v) is 7.01. The maximum atomic E-state index is 12.7. The van der Waals surface area contributed by atoms with Crippen LogP contribution in [0.3, 0.4) is 0 Å². The molecule has 6 heteroatoms. The Hall–Kier alpha value is -2.50. The van der Waals surface area contributed by atoms with E-state index in [9.17, 15) is 9.59 Å². The van der Waals surface area contributed by atoms with Gasteiger partial charge in [-0.15, -0.1) is 0 Å². The van der Waals surface area contributed by atoms with Crippen molar-refractivity contribution in [3.8, 4) is 0 Å². The average Bonchev–Trinajstić information content (AvgIpc) is 2.94. The lowest BCUT2D eigenvalue weighted by atomic mass is 10.1. The van der Waals surface area contributed by atoms with Crippen LogP contribution in [0.1, 0.15) is 20.8 Å². The number of para-hydroxylation sites is 1. The third-order valence-corrected chi connectivity index (χ3v) is 3.66. The molecule has 2 N–H and O–H groups in total. The van der Waals surface area contributed by atoms with E-state index >= 15 is 0 Å². The van der Waals surface area contributed by atoms with E-state index in [4.69, 9.17) is 17.3 Å². The number of fused-ring (bicyclic) bond motifs is 1. The standard InChI is InChI=1S/C16H12ClN3O2/c17-12-7-3-1-5-10(12)16(22)20-13-8-4-2-6-11(13)15(19-20)14(21)9-18/h1-8H,9,18H2. The monoisotopic (exact) mass is 313 g/mol. The lowest BCUT2D eigenvalue weighted by molar-refractivity contribution is 0.0948. The molecule has 5 nitrogen and oxygen atoms in total. The molecule has 2 aromatic carbocycles. The summed E-state index contributed by atoms with van der Waals surface area (Å²) in [4.78, 5) is 24.6. The van der Waals surface area contributed by atoms with Crippen molar-refractivity contribution in [1.82, 2.24) is 9.78 Å². The van der Waals surface area contributed by atoms with E-state index in [1.807, 2.05) is 0 Å². The van der Waals surface area contributed by atoms with Gasteiger partial charge in [0.05, 0.1) is 22.6 Å². The molecule has 22 heavy (non-hydrogen) atoms. The average molecular weight is 314 g/mol. The fourth-order valence-corrected chi connectivity index (χ4v) is 2.49. The molecule has 0 spiro atoms. The van der Waals surface area contributed by atoms with Gasteiger partial charge in [0.1, 0.15) is 5.69 Å². The second kappa shape index (κ2) is 5.71. The summed E-state index contributed by atoms with van der Waals surface area (Å²) in [5.74, 6) is -0.709. The number of benzene rings is 2. The molecule has 0 atom stereocenters. The Morgan fingerprint density at radius 2 is 1.77 bits per heavy atom. The molecule has 3 rings (SSSR count). The summed E-state index contributed by atoms with van der Waals surface area (Å²) in [6.45, 7) is -0.165. The van der Waals surface area contributed by atoms with E-state index in [1.54, 1.807) is 48.5 Å². The largest absolute Gasteiger partial charge is 0.324 e. The molecule has 0 unspecified atom stereocenters. The molecule has 3 aromatic rings. The molecule has 110 valence electrons. The predicted octanol–water partition coefficient (Wildman–Crippen LogP) is 2.52. The van der Waals surface area contributed by atoms with Gasteiger partial charge in [-0.1, -0.05) is 41.9 Å². The summed E-state index contributed by atoms with van der Waals surface area (Å²) >= 11 is 6.07. The van der Waals surface area contributed by atoms with Crippen LogP contribution in [0.15, 0.2) is 48.5 Å². The van der Waals surface area contributed by atoms with Crippen LogP contribution in [-0.4, -0.2) is 28.0 Å². The lowest BCUT2D eigenvalue weighted by Gasteiger charge is -2.04. The highest BCUT2D eigenvalue weighted by molar-refractivity contribution is 6.34. The van der Waals surface area contributed by atoms with Gasteiger partial charge in [0.15, 0.2) is 5.78 Å². The second-order valence-electron chi connectivity index (χ2n) is 4.69. The van der Waals surface area contributed by atoms with Crippen molar-refractivity contribution in [2.45, 2.75) is 0 Å². The van der Waals surface area contributed by atoms with Crippen LogP contribution in [0.25, 0.3) is 10.9 Å². The zero-order chi connectivity index (χ0) is 15.7. The van der Waals surface area contributed by atoms with Crippen molar-refractivity contribution in [3.05, 3.63) is 64.8 Å². The van der Waals surface area contributed by atoms with E-state index in [-0.39, 0.29) is 18.0 Å². The van der Waals surface area contributed by atoms with Gasteiger partial charge in [-0.25, -0.2) is 0 Å². The van der Waals surface area contributed by atoms with E-state index in [2.05, 4.69) is 5.10 Å². The fourth-order valence-electron chi connectivity index (χ4n) is 2.27. The summed E-state index contributed by atoms with van der Waals surface area (Å²) in [6.07, 6.45) is 0. The Balaban J connectivity index is 2.22. The molecule has 0 radical (unpaired) electrons. The van der Waals surface area contributed by atoms with Gasteiger partial charge in [-0.2, -0.15) is 9.78 Å². The Bertz CT molecular complexity index is 886. The molecule has 0 bridgehead atoms. The third-order valence-electron chi connectivity index (χ3n) is 3.33. The number of nitrogens with two attached hydrogens (primary N) is 1. The highest BCUT2D eigenvalue weighted by Gasteiger charge is 2.21. The van der Waals surface area contributed by atoms with Crippen LogP contribution in [0.4, 0.5) is 0 Å². The zero-order valence-corrected chi connectivity index (χ0v) is 12.2. The number of halogens is 1. The number of nitrogens with zero attached hydrogens (tertiary/aromatic N) is 2. The SMILES string of the molecule is NCC(=O)c1nn(C(=O)c2ccccc2Cl)c2ccccc12. The third kappa shape index (κ3) is 2.30. The zero-order valence-electron chi connectivity index (χ0n) is 11.5. The van der Waals surface area contributed by atoms with Crippen molar-refractivity contribution in [2.75, 3.05) is 6.54 Å². The molecule has 0 aliphatic heterocycles. The topological polar surface area (TPSA) is 78.0 Å². The molecular weight excluding hydrogens is 302 g/mol. The van der Waals surface area contributed by atoms with Gasteiger partial charge in [0.2, 0.25) is 0 Å². The number of hydrogen-bond acceptors (Lipinski definition) is 4. The number of ketones is 1. The van der Waals surface area contributed by atoms with Gasteiger partial charge in [-0.3, -0.25) is 9.59 Å². The summed E-state index contributed by atoms with van der Waals surface area (Å²) < 4.78 is 1.19. The molecular formula is C16H12ClN3O2. The minimum Gasteiger partial charge on any atom is -0.324 e. The number of aromatic nitrogens is 2. The van der Waals surface area contributed by atoms with Gasteiger partial charge in [0, 0.05) is 5.39 Å². The van der Waals surface area contributed by atoms with Crippen LogP contribution in [-0.2, 0) is 0 Å². The van der Waals surface area contributed by atoms with Crippen molar-refractivity contribution < 1.29 is 9.59 Å². The molecule has 0 saturated carbocycles. The summed E-state index contributed by atoms with van der Waals surface area (Å²) in [5.41, 5.74) is 6.47. The second-order valence-corrected chi connectivity index (χ2v) is 5.10. The van der Waals surface area contributed by atoms with E-state index in [0.717, 1.165) is 0 Å². The minimum atomic E-state index is -0.391. The molecule has 1 heterocycles. The Morgan fingerprint density at radius 3 is 2.50 bits per heavy atom. The van der Waals surface area contributed by atoms with Crippen LogP contribution in [0.5, 0.6) is 0 Å². The quantitative estimate of drug-likeness (QED) is 0.754. The van der Waals surface area contributed by atoms with E-state index < -0.39 is 5.91 Å². The lowest BCUT2D eigenvalue weighted by Crippen LogP contribution is -2.17. The predicted molar refractivity (Wildman–Crippen MR) is 84.3 cm³/mol. The normalized spacial score (nSPS) is 10.8. The molecule has 0 amide bonds. The van der Waals surface area contributed by atoms with Crippen LogP contribution in [0, 0.1) is 0 Å². The van der Waals surface area contributed by atoms with Gasteiger partial charge < -0.3 is 5.73 Å². The minimum absolute atomic E-state index is 0.165. The first-order chi connectivity index (χ1) is 10.6. The van der Waals surface area contributed by atoms with Crippen LogP contribution < -0.4 is 5.73 Å². The first kappa shape index (κ1) is 14.4. The maximum absolute atomic E-state index is 12.7. The van der Waals surface area contributed by atoms with E-state index in [1.165, 1.54) is 4.68 Å². The Kier molecular flexibility index (Phi) is 3.75. The fraction of sp³-hybridized carbons (Fsp3) is 0.0625. The van der Waals surface area contributed by atoms with Gasteiger partial charge >= 0.3 is 0 Å². The Labute approximate surface area is 131 Å². The number of Topliss-reactive ketones (excluding diaryl/α,β-unsaturated/α-hetero) is 1. The molecule has 0 fully saturated rings. The smallest absolute Gasteiger partial charge is 0.280 e. The Morgan fingerprint density at radius 1 is 1.09 bits per heavy atom. The molecule has 0 aliphatic carbocycles. The van der Waals surface area contributed by atoms with Gasteiger partial charge in [0.25, 0.3) is 5.91 Å².